The predicted octanol–water partition coefficient (Wildman–Crippen LogP) is 4.54. The van der Waals surface area contributed by atoms with Crippen LogP contribution in [0, 0.1) is 11.3 Å². The number of carbonyl (C=O) groups is 2. The number of para-hydroxylation sites is 1. The Morgan fingerprint density at radius 1 is 1.09 bits per heavy atom. The second-order valence-electron chi connectivity index (χ2n) is 7.04. The van der Waals surface area contributed by atoms with E-state index in [0.29, 0.717) is 16.5 Å². The van der Waals surface area contributed by atoms with Crippen molar-refractivity contribution < 1.29 is 14.3 Å². The summed E-state index contributed by atoms with van der Waals surface area (Å²) in [6.07, 6.45) is 1.49. The second-order valence-corrected chi connectivity index (χ2v) is 7.88. The van der Waals surface area contributed by atoms with Crippen molar-refractivity contribution in [1.29, 1.82) is 5.26 Å². The largest absolute Gasteiger partial charge is 0.455 e. The Bertz CT molecular complexity index is 1160. The molecule has 1 amide bonds. The maximum Gasteiger partial charge on any atom is 0.349 e. The van der Waals surface area contributed by atoms with E-state index in [9.17, 15) is 14.9 Å². The van der Waals surface area contributed by atoms with Gasteiger partial charge in [-0.2, -0.15) is 5.26 Å². The average Bonchev–Trinajstić information content (AvgIpc) is 3.25. The van der Waals surface area contributed by atoms with Gasteiger partial charge in [0.15, 0.2) is 5.13 Å². The van der Waals surface area contributed by atoms with Crippen LogP contribution in [0.1, 0.15) is 18.2 Å². The van der Waals surface area contributed by atoms with Gasteiger partial charge in [0.05, 0.1) is 11.4 Å². The van der Waals surface area contributed by atoms with Gasteiger partial charge >= 0.3 is 5.97 Å². The van der Waals surface area contributed by atoms with Gasteiger partial charge in [-0.3, -0.25) is 9.69 Å². The van der Waals surface area contributed by atoms with Gasteiger partial charge in [0.25, 0.3) is 0 Å². The molecule has 0 N–H and O–H groups in total. The second kappa shape index (κ2) is 10.4. The van der Waals surface area contributed by atoms with Crippen LogP contribution in [0.4, 0.5) is 16.5 Å². The highest BCUT2D eigenvalue weighted by Gasteiger charge is 2.18. The summed E-state index contributed by atoms with van der Waals surface area (Å²) in [4.78, 5) is 32.4. The van der Waals surface area contributed by atoms with Gasteiger partial charge in [-0.15, -0.1) is 11.3 Å². The summed E-state index contributed by atoms with van der Waals surface area (Å²) in [5.41, 5.74) is 2.83. The molecule has 0 saturated heterocycles. The number of hydrogen-bond donors (Lipinski definition) is 0. The lowest BCUT2D eigenvalue weighted by Gasteiger charge is -2.17. The van der Waals surface area contributed by atoms with Crippen LogP contribution in [-0.4, -0.2) is 31.0 Å². The average molecular weight is 447 g/mol. The number of hydrogen-bond acceptors (Lipinski definition) is 7. The summed E-state index contributed by atoms with van der Waals surface area (Å²) < 4.78 is 5.28. The first kappa shape index (κ1) is 22.7. The highest BCUT2D eigenvalue weighted by atomic mass is 32.1. The molecule has 7 nitrogen and oxygen atoms in total. The van der Waals surface area contributed by atoms with Crippen molar-refractivity contribution in [3.8, 4) is 6.07 Å². The first-order valence-corrected chi connectivity index (χ1v) is 10.6. The zero-order valence-corrected chi connectivity index (χ0v) is 18.8. The Morgan fingerprint density at radius 2 is 1.78 bits per heavy atom. The van der Waals surface area contributed by atoms with Crippen LogP contribution in [0.25, 0.3) is 6.08 Å². The Morgan fingerprint density at radius 3 is 2.38 bits per heavy atom. The van der Waals surface area contributed by atoms with Gasteiger partial charge in [-0.1, -0.05) is 30.3 Å². The van der Waals surface area contributed by atoms with Crippen LogP contribution in [0.15, 0.2) is 65.6 Å². The monoisotopic (exact) mass is 446 g/mol. The summed E-state index contributed by atoms with van der Waals surface area (Å²) in [7, 11) is 3.87. The molecule has 8 heteroatoms. The number of anilines is 3. The molecule has 0 aliphatic heterocycles. The van der Waals surface area contributed by atoms with Crippen molar-refractivity contribution in [1.82, 2.24) is 4.98 Å². The highest BCUT2D eigenvalue weighted by molar-refractivity contribution is 7.14. The fourth-order valence-electron chi connectivity index (χ4n) is 2.86. The molecule has 0 atom stereocenters. The van der Waals surface area contributed by atoms with Crippen molar-refractivity contribution in [2.24, 2.45) is 0 Å². The zero-order valence-electron chi connectivity index (χ0n) is 18.0. The molecule has 0 aliphatic rings. The van der Waals surface area contributed by atoms with E-state index in [-0.39, 0.29) is 18.1 Å². The maximum absolute atomic E-state index is 12.4. The molecule has 0 fully saturated rings. The number of carbonyl (C=O) groups excluding carboxylic acids is 2. The van der Waals surface area contributed by atoms with Crippen LogP contribution >= 0.6 is 11.3 Å². The van der Waals surface area contributed by atoms with E-state index in [1.54, 1.807) is 5.38 Å². The van der Waals surface area contributed by atoms with Crippen LogP contribution in [-0.2, 0) is 20.9 Å². The van der Waals surface area contributed by atoms with Gasteiger partial charge < -0.3 is 9.64 Å². The molecular formula is C24H22N4O3S. The number of nitrogens with zero attached hydrogens (tertiary/aromatic N) is 4. The Labute approximate surface area is 190 Å². The lowest BCUT2D eigenvalue weighted by molar-refractivity contribution is -0.139. The third-order valence-electron chi connectivity index (χ3n) is 4.47. The maximum atomic E-state index is 12.4. The van der Waals surface area contributed by atoms with Crippen molar-refractivity contribution in [3.05, 3.63) is 76.8 Å². The fourth-order valence-corrected chi connectivity index (χ4v) is 3.73. The minimum Gasteiger partial charge on any atom is -0.455 e. The van der Waals surface area contributed by atoms with Gasteiger partial charge in [0.2, 0.25) is 5.91 Å². The Kier molecular flexibility index (Phi) is 7.37. The van der Waals surface area contributed by atoms with E-state index in [4.69, 9.17) is 4.74 Å². The normalized spacial score (nSPS) is 10.9. The summed E-state index contributed by atoms with van der Waals surface area (Å²) in [5, 5.41) is 11.6. The van der Waals surface area contributed by atoms with Crippen LogP contribution in [0.3, 0.4) is 0 Å². The number of ether oxygens (including phenoxy) is 1. The standard InChI is InChI=1S/C24H22N4O3S/c1-17(29)28(22-7-5-4-6-8-22)24-26-20(16-32-24)15-31-23(30)19(14-25)13-18-9-11-21(12-10-18)27(2)3/h4-13,16H,15H2,1-3H3/b19-13+. The quantitative estimate of drug-likeness (QED) is 0.301. The molecule has 1 heterocycles. The minimum atomic E-state index is -0.731. The molecule has 0 radical (unpaired) electrons. The van der Waals surface area contributed by atoms with Crippen LogP contribution in [0.5, 0.6) is 0 Å². The van der Waals surface area contributed by atoms with Crippen molar-refractivity contribution in [2.75, 3.05) is 23.9 Å². The van der Waals surface area contributed by atoms with E-state index in [1.807, 2.05) is 79.7 Å². The molecule has 0 spiro atoms. The number of aromatic nitrogens is 1. The van der Waals surface area contributed by atoms with E-state index in [1.165, 1.54) is 29.2 Å². The first-order valence-electron chi connectivity index (χ1n) is 9.75. The first-order chi connectivity index (χ1) is 15.4. The third kappa shape index (κ3) is 5.59. The molecule has 0 unspecified atom stereocenters. The molecule has 0 saturated carbocycles. The van der Waals surface area contributed by atoms with E-state index in [2.05, 4.69) is 4.98 Å². The SMILES string of the molecule is CC(=O)N(c1ccccc1)c1nc(COC(=O)/C(C#N)=C/c2ccc(N(C)C)cc2)cs1. The van der Waals surface area contributed by atoms with Crippen LogP contribution in [0.2, 0.25) is 0 Å². The van der Waals surface area contributed by atoms with Gasteiger partial charge in [-0.05, 0) is 35.9 Å². The molecule has 0 bridgehead atoms. The van der Waals surface area contributed by atoms with Gasteiger partial charge in [-0.25, -0.2) is 9.78 Å². The lowest BCUT2D eigenvalue weighted by atomic mass is 10.1. The van der Waals surface area contributed by atoms with E-state index >= 15 is 0 Å². The third-order valence-corrected chi connectivity index (χ3v) is 5.35. The number of benzene rings is 2. The summed E-state index contributed by atoms with van der Waals surface area (Å²) in [5.74, 6) is -0.908. The molecule has 32 heavy (non-hydrogen) atoms. The summed E-state index contributed by atoms with van der Waals surface area (Å²) in [6, 6.07) is 18.5. The van der Waals surface area contributed by atoms with Crippen molar-refractivity contribution in [2.45, 2.75) is 13.5 Å². The van der Waals surface area contributed by atoms with Crippen molar-refractivity contribution in [3.63, 3.8) is 0 Å². The van der Waals surface area contributed by atoms with Crippen molar-refractivity contribution >= 4 is 45.8 Å². The van der Waals surface area contributed by atoms with E-state index in [0.717, 1.165) is 11.3 Å². The zero-order chi connectivity index (χ0) is 23.1. The lowest BCUT2D eigenvalue weighted by Crippen LogP contribution is -2.22. The molecule has 1 aromatic heterocycles. The molecule has 2 aromatic carbocycles. The molecule has 0 aliphatic carbocycles. The number of thiazole rings is 1. The number of rotatable bonds is 7. The fraction of sp³-hybridized carbons (Fsp3) is 0.167. The summed E-state index contributed by atoms with van der Waals surface area (Å²) in [6.45, 7) is 1.36. The number of amides is 1. The van der Waals surface area contributed by atoms with Crippen LogP contribution < -0.4 is 9.80 Å². The molecule has 3 rings (SSSR count). The van der Waals surface area contributed by atoms with Gasteiger partial charge in [0.1, 0.15) is 18.2 Å². The Balaban J connectivity index is 1.68. The van der Waals surface area contributed by atoms with Gasteiger partial charge in [0, 0.05) is 32.1 Å². The smallest absolute Gasteiger partial charge is 0.349 e. The highest BCUT2D eigenvalue weighted by Crippen LogP contribution is 2.29. The number of esters is 1. The molecule has 3 aromatic rings. The molecular weight excluding hydrogens is 424 g/mol. The van der Waals surface area contributed by atoms with E-state index < -0.39 is 5.97 Å². The molecule has 162 valence electrons. The number of nitriles is 1. The minimum absolute atomic E-state index is 0.103. The Hall–Kier alpha value is -3.96. The summed E-state index contributed by atoms with van der Waals surface area (Å²) >= 11 is 1.27. The predicted molar refractivity (Wildman–Crippen MR) is 126 cm³/mol. The topological polar surface area (TPSA) is 86.5 Å².